The predicted molar refractivity (Wildman–Crippen MR) is 78.2 cm³/mol. The summed E-state index contributed by atoms with van der Waals surface area (Å²) in [4.78, 5) is 0. The summed E-state index contributed by atoms with van der Waals surface area (Å²) in [5.41, 5.74) is 2.58. The zero-order valence-electron chi connectivity index (χ0n) is 11.5. The molecule has 1 aliphatic rings. The summed E-state index contributed by atoms with van der Waals surface area (Å²) in [5.74, 6) is 0.721. The lowest BCUT2D eigenvalue weighted by Crippen LogP contribution is -2.06. The summed E-state index contributed by atoms with van der Waals surface area (Å²) in [7, 11) is 1.81. The fourth-order valence-corrected chi connectivity index (χ4v) is 2.16. The normalized spacial score (nSPS) is 14.3. The molecule has 0 aromatic heterocycles. The molecule has 0 bridgehead atoms. The maximum Gasteiger partial charge on any atom is 0.128 e. The summed E-state index contributed by atoms with van der Waals surface area (Å²) in [6.07, 6.45) is 2.71. The van der Waals surface area contributed by atoms with Gasteiger partial charge in [-0.1, -0.05) is 24.3 Å². The van der Waals surface area contributed by atoms with Crippen molar-refractivity contribution in [3.05, 3.63) is 53.8 Å². The van der Waals surface area contributed by atoms with Crippen LogP contribution in [0.1, 0.15) is 18.4 Å². The number of rotatable bonds is 5. The molecule has 0 unspecified atom stereocenters. The van der Waals surface area contributed by atoms with Gasteiger partial charge in [-0.05, 0) is 49.2 Å². The predicted octanol–water partition coefficient (Wildman–Crippen LogP) is 3.75. The molecule has 0 aliphatic heterocycles. The van der Waals surface area contributed by atoms with Crippen LogP contribution in [0.15, 0.2) is 42.5 Å². The van der Waals surface area contributed by atoms with Crippen molar-refractivity contribution < 1.29 is 9.13 Å². The minimum absolute atomic E-state index is 0.171. The number of ether oxygens (including phenoxy) is 1. The molecule has 1 saturated carbocycles. The molecule has 3 rings (SSSR count). The lowest BCUT2D eigenvalue weighted by atomic mass is 10.0. The number of benzene rings is 2. The first-order valence-corrected chi connectivity index (χ1v) is 6.96. The van der Waals surface area contributed by atoms with Gasteiger partial charge in [-0.15, -0.1) is 0 Å². The van der Waals surface area contributed by atoms with E-state index in [1.807, 2.05) is 43.4 Å². The summed E-state index contributed by atoms with van der Waals surface area (Å²) < 4.78 is 19.6. The van der Waals surface area contributed by atoms with Gasteiger partial charge in [0.25, 0.3) is 0 Å². The Labute approximate surface area is 118 Å². The van der Waals surface area contributed by atoms with Crippen LogP contribution < -0.4 is 10.1 Å². The zero-order valence-corrected chi connectivity index (χ0v) is 11.5. The van der Waals surface area contributed by atoms with E-state index in [1.165, 1.54) is 0 Å². The molecule has 3 heteroatoms. The second-order valence-corrected chi connectivity index (χ2v) is 5.18. The van der Waals surface area contributed by atoms with E-state index in [0.717, 1.165) is 29.7 Å². The zero-order chi connectivity index (χ0) is 13.9. The van der Waals surface area contributed by atoms with Crippen molar-refractivity contribution in [2.45, 2.75) is 25.5 Å². The van der Waals surface area contributed by atoms with Crippen LogP contribution in [0, 0.1) is 5.82 Å². The van der Waals surface area contributed by atoms with Gasteiger partial charge in [-0.2, -0.15) is 0 Å². The van der Waals surface area contributed by atoms with Crippen LogP contribution in [-0.4, -0.2) is 13.2 Å². The molecule has 0 saturated heterocycles. The van der Waals surface area contributed by atoms with Crippen molar-refractivity contribution in [2.75, 3.05) is 7.05 Å². The third-order valence-corrected chi connectivity index (χ3v) is 3.44. The lowest BCUT2D eigenvalue weighted by molar-refractivity contribution is 0.303. The van der Waals surface area contributed by atoms with Gasteiger partial charge in [0.2, 0.25) is 0 Å². The van der Waals surface area contributed by atoms with Crippen molar-refractivity contribution in [3.63, 3.8) is 0 Å². The summed E-state index contributed by atoms with van der Waals surface area (Å²) in [6, 6.07) is 13.2. The van der Waals surface area contributed by atoms with E-state index in [-0.39, 0.29) is 5.82 Å². The van der Waals surface area contributed by atoms with Crippen LogP contribution in [0.3, 0.4) is 0 Å². The van der Waals surface area contributed by atoms with Crippen LogP contribution in [0.5, 0.6) is 5.75 Å². The summed E-state index contributed by atoms with van der Waals surface area (Å²) in [5, 5.41) is 2.96. The molecule has 104 valence electrons. The van der Waals surface area contributed by atoms with Crippen LogP contribution in [0.2, 0.25) is 0 Å². The molecule has 2 nitrogen and oxygen atoms in total. The SMILES string of the molecule is CNCc1ccc(-c2ccc(OC3CC3)cc2)cc1F. The molecular weight excluding hydrogens is 253 g/mol. The minimum Gasteiger partial charge on any atom is -0.490 e. The number of halogens is 1. The fourth-order valence-electron chi connectivity index (χ4n) is 2.16. The topological polar surface area (TPSA) is 21.3 Å². The smallest absolute Gasteiger partial charge is 0.128 e. The van der Waals surface area contributed by atoms with Crippen LogP contribution in [-0.2, 0) is 6.54 Å². The Balaban J connectivity index is 1.79. The molecule has 0 atom stereocenters. The van der Waals surface area contributed by atoms with E-state index >= 15 is 0 Å². The molecule has 0 radical (unpaired) electrons. The van der Waals surface area contributed by atoms with Gasteiger partial charge in [0.1, 0.15) is 11.6 Å². The molecule has 0 heterocycles. The van der Waals surface area contributed by atoms with E-state index in [2.05, 4.69) is 5.32 Å². The van der Waals surface area contributed by atoms with E-state index < -0.39 is 0 Å². The van der Waals surface area contributed by atoms with Gasteiger partial charge in [0, 0.05) is 12.1 Å². The van der Waals surface area contributed by atoms with Gasteiger partial charge in [-0.25, -0.2) is 4.39 Å². The van der Waals surface area contributed by atoms with E-state index in [4.69, 9.17) is 4.74 Å². The second kappa shape index (κ2) is 5.63. The lowest BCUT2D eigenvalue weighted by Gasteiger charge is -2.08. The third kappa shape index (κ3) is 2.99. The molecule has 0 spiro atoms. The Morgan fingerprint density at radius 2 is 1.80 bits per heavy atom. The third-order valence-electron chi connectivity index (χ3n) is 3.44. The van der Waals surface area contributed by atoms with Crippen molar-refractivity contribution >= 4 is 0 Å². The molecule has 0 amide bonds. The van der Waals surface area contributed by atoms with Crippen molar-refractivity contribution in [3.8, 4) is 16.9 Å². The highest BCUT2D eigenvalue weighted by Crippen LogP contribution is 2.29. The Bertz CT molecular complexity index is 590. The van der Waals surface area contributed by atoms with Crippen molar-refractivity contribution in [1.29, 1.82) is 0 Å². The van der Waals surface area contributed by atoms with Crippen molar-refractivity contribution in [1.82, 2.24) is 5.32 Å². The quantitative estimate of drug-likeness (QED) is 0.894. The maximum atomic E-state index is 13.9. The van der Waals surface area contributed by atoms with Crippen LogP contribution in [0.4, 0.5) is 4.39 Å². The molecular formula is C17H18FNO. The van der Waals surface area contributed by atoms with Gasteiger partial charge in [-0.3, -0.25) is 0 Å². The average Bonchev–Trinajstić information content (AvgIpc) is 3.26. The van der Waals surface area contributed by atoms with Crippen LogP contribution >= 0.6 is 0 Å². The number of hydrogen-bond donors (Lipinski definition) is 1. The van der Waals surface area contributed by atoms with E-state index in [1.54, 1.807) is 6.07 Å². The van der Waals surface area contributed by atoms with Crippen molar-refractivity contribution in [2.24, 2.45) is 0 Å². The molecule has 1 aliphatic carbocycles. The minimum atomic E-state index is -0.171. The maximum absolute atomic E-state index is 13.9. The van der Waals surface area contributed by atoms with Gasteiger partial charge in [0.05, 0.1) is 6.10 Å². The Morgan fingerprint density at radius 1 is 1.10 bits per heavy atom. The number of nitrogens with one attached hydrogen (secondary N) is 1. The van der Waals surface area contributed by atoms with Gasteiger partial charge < -0.3 is 10.1 Å². The Hall–Kier alpha value is -1.87. The summed E-state index contributed by atoms with van der Waals surface area (Å²) >= 11 is 0. The average molecular weight is 271 g/mol. The molecule has 20 heavy (non-hydrogen) atoms. The first-order chi connectivity index (χ1) is 9.76. The molecule has 2 aromatic rings. The fraction of sp³-hybridized carbons (Fsp3) is 0.294. The first-order valence-electron chi connectivity index (χ1n) is 6.96. The van der Waals surface area contributed by atoms with E-state index in [9.17, 15) is 4.39 Å². The second-order valence-electron chi connectivity index (χ2n) is 5.18. The Morgan fingerprint density at radius 3 is 2.40 bits per heavy atom. The first kappa shape index (κ1) is 13.1. The highest BCUT2D eigenvalue weighted by atomic mass is 19.1. The molecule has 1 N–H and O–H groups in total. The standard InChI is InChI=1S/C17H18FNO/c1-19-11-14-3-2-13(10-17(14)18)12-4-6-15(7-5-12)20-16-8-9-16/h2-7,10,16,19H,8-9,11H2,1H3. The van der Waals surface area contributed by atoms with Gasteiger partial charge >= 0.3 is 0 Å². The molecule has 1 fully saturated rings. The molecule has 2 aromatic carbocycles. The summed E-state index contributed by atoms with van der Waals surface area (Å²) in [6.45, 7) is 0.542. The van der Waals surface area contributed by atoms with Gasteiger partial charge in [0.15, 0.2) is 0 Å². The highest BCUT2D eigenvalue weighted by molar-refractivity contribution is 5.64. The monoisotopic (exact) mass is 271 g/mol. The largest absolute Gasteiger partial charge is 0.490 e. The highest BCUT2D eigenvalue weighted by Gasteiger charge is 2.23. The van der Waals surface area contributed by atoms with E-state index in [0.29, 0.717) is 18.2 Å². The number of hydrogen-bond acceptors (Lipinski definition) is 2. The Kier molecular flexibility index (Phi) is 3.70. The van der Waals surface area contributed by atoms with Crippen LogP contribution in [0.25, 0.3) is 11.1 Å².